The van der Waals surface area contributed by atoms with Crippen LogP contribution in [0.15, 0.2) is 0 Å². The Morgan fingerprint density at radius 3 is 1.56 bits per heavy atom. The van der Waals surface area contributed by atoms with Gasteiger partial charge in [-0.2, -0.15) is 0 Å². The second kappa shape index (κ2) is 21.5. The molecule has 164 valence electrons. The van der Waals surface area contributed by atoms with Crippen molar-refractivity contribution >= 4 is 5.97 Å². The number of carboxylic acid groups (broad SMARTS) is 1. The van der Waals surface area contributed by atoms with Gasteiger partial charge in [0.25, 0.3) is 0 Å². The molecule has 0 N–H and O–H groups in total. The molecule has 0 atom stereocenters. The molecular weight excluding hydrogens is 358 g/mol. The third-order valence-electron chi connectivity index (χ3n) is 3.43. The third kappa shape index (κ3) is 27.5. The highest BCUT2D eigenvalue weighted by molar-refractivity contribution is 5.64. The molecule has 0 aliphatic rings. The summed E-state index contributed by atoms with van der Waals surface area (Å²) >= 11 is 0. The molecular formula is C18H39NO8. The van der Waals surface area contributed by atoms with Crippen LogP contribution in [0.2, 0.25) is 0 Å². The lowest BCUT2D eigenvalue weighted by Gasteiger charge is -2.29. The van der Waals surface area contributed by atoms with Crippen LogP contribution in [0.4, 0.5) is 0 Å². The number of rotatable bonds is 18. The van der Waals surface area contributed by atoms with Crippen LogP contribution in [0.25, 0.3) is 0 Å². The number of nitrogens with zero attached hydrogens (tertiary/aromatic N) is 1. The van der Waals surface area contributed by atoms with Crippen molar-refractivity contribution in [3.63, 3.8) is 0 Å². The zero-order valence-corrected chi connectivity index (χ0v) is 17.7. The number of carbonyl (C=O) groups is 1. The average Bonchev–Trinajstić information content (AvgIpc) is 2.62. The molecule has 0 unspecified atom stereocenters. The van der Waals surface area contributed by atoms with Gasteiger partial charge in [-0.05, 0) is 0 Å². The maximum atomic E-state index is 9.93. The lowest BCUT2D eigenvalue weighted by Crippen LogP contribution is -2.44. The van der Waals surface area contributed by atoms with Crippen molar-refractivity contribution in [2.45, 2.75) is 6.42 Å². The van der Waals surface area contributed by atoms with Crippen molar-refractivity contribution in [1.29, 1.82) is 0 Å². The smallest absolute Gasteiger partial charge is 0.102 e. The molecule has 0 saturated heterocycles. The summed E-state index contributed by atoms with van der Waals surface area (Å²) in [6, 6.07) is 0. The standard InChI is InChI=1S/C10H24NO3.C8H16O5/c1-11(2,5-7-12-3)6-8-14-10-9-13-4;1-11-4-5-13-7-6-12-3-2-8(9)10/h5-10H2,1-4H3;2-7H2,1H3,(H,9,10)/q+1;/p-1. The second-order valence-electron chi connectivity index (χ2n) is 6.32. The first-order chi connectivity index (χ1) is 12.9. The highest BCUT2D eigenvalue weighted by Gasteiger charge is 2.13. The minimum Gasteiger partial charge on any atom is -0.550 e. The lowest BCUT2D eigenvalue weighted by molar-refractivity contribution is -0.891. The van der Waals surface area contributed by atoms with Crippen LogP contribution >= 0.6 is 0 Å². The monoisotopic (exact) mass is 397 g/mol. The molecule has 0 radical (unpaired) electrons. The lowest BCUT2D eigenvalue weighted by atomic mass is 10.4. The van der Waals surface area contributed by atoms with Crippen molar-refractivity contribution in [3.05, 3.63) is 0 Å². The zero-order valence-electron chi connectivity index (χ0n) is 17.7. The van der Waals surface area contributed by atoms with E-state index < -0.39 is 5.97 Å². The molecule has 0 saturated carbocycles. The van der Waals surface area contributed by atoms with E-state index in [4.69, 9.17) is 28.4 Å². The molecule has 0 aromatic heterocycles. The van der Waals surface area contributed by atoms with Crippen LogP contribution < -0.4 is 5.11 Å². The van der Waals surface area contributed by atoms with E-state index in [0.717, 1.165) is 30.8 Å². The second-order valence-corrected chi connectivity index (χ2v) is 6.32. The van der Waals surface area contributed by atoms with E-state index in [9.17, 15) is 9.90 Å². The first kappa shape index (κ1) is 28.4. The summed E-state index contributed by atoms with van der Waals surface area (Å²) in [7, 11) is 9.37. The van der Waals surface area contributed by atoms with E-state index in [2.05, 4.69) is 14.1 Å². The Balaban J connectivity index is 0. The number of hydrogen-bond acceptors (Lipinski definition) is 8. The molecule has 0 aromatic rings. The van der Waals surface area contributed by atoms with Gasteiger partial charge in [-0.25, -0.2) is 0 Å². The summed E-state index contributed by atoms with van der Waals surface area (Å²) in [5.74, 6) is -1.10. The van der Waals surface area contributed by atoms with Gasteiger partial charge in [0, 0.05) is 33.7 Å². The Kier molecular flexibility index (Phi) is 22.6. The van der Waals surface area contributed by atoms with Gasteiger partial charge in [-0.15, -0.1) is 0 Å². The number of aliphatic carboxylic acids is 1. The fraction of sp³-hybridized carbons (Fsp3) is 0.944. The molecule has 0 spiro atoms. The fourth-order valence-electron chi connectivity index (χ4n) is 1.63. The predicted molar refractivity (Wildman–Crippen MR) is 99.6 cm³/mol. The van der Waals surface area contributed by atoms with Crippen LogP contribution in [0.1, 0.15) is 6.42 Å². The first-order valence-corrected chi connectivity index (χ1v) is 9.11. The normalized spacial score (nSPS) is 11.1. The number of carbonyl (C=O) groups excluding carboxylic acids is 1. The van der Waals surface area contributed by atoms with Crippen LogP contribution in [-0.4, -0.2) is 118 Å². The molecule has 0 aliphatic heterocycles. The van der Waals surface area contributed by atoms with Gasteiger partial charge in [0.2, 0.25) is 0 Å². The van der Waals surface area contributed by atoms with Crippen molar-refractivity contribution in [1.82, 2.24) is 0 Å². The van der Waals surface area contributed by atoms with E-state index in [1.165, 1.54) is 0 Å². The fourth-order valence-corrected chi connectivity index (χ4v) is 1.63. The van der Waals surface area contributed by atoms with E-state index >= 15 is 0 Å². The topological polar surface area (TPSA) is 95.5 Å². The molecule has 0 rings (SSSR count). The molecule has 0 bridgehead atoms. The van der Waals surface area contributed by atoms with Gasteiger partial charge in [-0.3, -0.25) is 0 Å². The van der Waals surface area contributed by atoms with Gasteiger partial charge in [-0.1, -0.05) is 0 Å². The Hall–Kier alpha value is -0.810. The summed E-state index contributed by atoms with van der Waals surface area (Å²) < 4.78 is 31.0. The first-order valence-electron chi connectivity index (χ1n) is 9.11. The van der Waals surface area contributed by atoms with Crippen molar-refractivity contribution < 1.29 is 42.8 Å². The van der Waals surface area contributed by atoms with Gasteiger partial charge < -0.3 is 42.8 Å². The Morgan fingerprint density at radius 1 is 0.667 bits per heavy atom. The Morgan fingerprint density at radius 2 is 1.07 bits per heavy atom. The molecule has 9 nitrogen and oxygen atoms in total. The molecule has 27 heavy (non-hydrogen) atoms. The number of quaternary nitrogens is 1. The number of likely N-dealkylation sites (N-methyl/N-ethyl adjacent to an activating group) is 1. The van der Waals surface area contributed by atoms with Crippen LogP contribution in [0.5, 0.6) is 0 Å². The van der Waals surface area contributed by atoms with Crippen LogP contribution in [-0.2, 0) is 33.2 Å². The maximum absolute atomic E-state index is 9.93. The summed E-state index contributed by atoms with van der Waals surface area (Å²) in [5, 5.41) is 9.93. The number of carboxylic acids is 1. The molecule has 9 heteroatoms. The highest BCUT2D eigenvalue weighted by Crippen LogP contribution is 1.96. The highest BCUT2D eigenvalue weighted by atomic mass is 16.5. The average molecular weight is 398 g/mol. The van der Waals surface area contributed by atoms with Gasteiger partial charge in [0.15, 0.2) is 0 Å². The molecule has 0 heterocycles. The Bertz CT molecular complexity index is 316. The van der Waals surface area contributed by atoms with Gasteiger partial charge in [0.1, 0.15) is 13.1 Å². The largest absolute Gasteiger partial charge is 0.550 e. The minimum absolute atomic E-state index is 0.0714. The summed E-state index contributed by atoms with van der Waals surface area (Å²) in [6.45, 7) is 7.07. The van der Waals surface area contributed by atoms with E-state index in [0.29, 0.717) is 39.6 Å². The summed E-state index contributed by atoms with van der Waals surface area (Å²) in [4.78, 5) is 9.93. The third-order valence-corrected chi connectivity index (χ3v) is 3.43. The number of ether oxygens (including phenoxy) is 6. The Labute approximate surface area is 164 Å². The summed E-state index contributed by atoms with van der Waals surface area (Å²) in [6.07, 6.45) is -0.0714. The quantitative estimate of drug-likeness (QED) is 0.219. The van der Waals surface area contributed by atoms with Gasteiger partial charge >= 0.3 is 0 Å². The maximum Gasteiger partial charge on any atom is 0.102 e. The molecule has 0 aromatic carbocycles. The minimum atomic E-state index is -1.10. The van der Waals surface area contributed by atoms with Crippen molar-refractivity contribution in [2.24, 2.45) is 0 Å². The van der Waals surface area contributed by atoms with Crippen LogP contribution in [0, 0.1) is 0 Å². The number of methoxy groups -OCH3 is 3. The summed E-state index contributed by atoms with van der Waals surface area (Å²) in [5.41, 5.74) is 0. The molecule has 0 amide bonds. The zero-order chi connectivity index (χ0) is 20.8. The predicted octanol–water partition coefficient (Wildman–Crippen LogP) is -0.822. The SMILES string of the molecule is COCCOCCOCCC(=O)[O-].COCCOCC[N+](C)(C)CCOC. The van der Waals surface area contributed by atoms with Crippen LogP contribution in [0.3, 0.4) is 0 Å². The van der Waals surface area contributed by atoms with E-state index in [-0.39, 0.29) is 13.0 Å². The van der Waals surface area contributed by atoms with Crippen molar-refractivity contribution in [2.75, 3.05) is 108 Å². The molecule has 0 aliphatic carbocycles. The van der Waals surface area contributed by atoms with Gasteiger partial charge in [0.05, 0.1) is 73.6 Å². The number of hydrogen-bond donors (Lipinski definition) is 0. The molecule has 0 fully saturated rings. The van der Waals surface area contributed by atoms with Crippen molar-refractivity contribution in [3.8, 4) is 0 Å². The van der Waals surface area contributed by atoms with E-state index in [1.807, 2.05) is 0 Å². The van der Waals surface area contributed by atoms with E-state index in [1.54, 1.807) is 21.3 Å².